The van der Waals surface area contributed by atoms with E-state index in [0.717, 1.165) is 6.42 Å². The van der Waals surface area contributed by atoms with Crippen molar-refractivity contribution in [1.29, 1.82) is 0 Å². The lowest BCUT2D eigenvalue weighted by Crippen LogP contribution is -2.41. The van der Waals surface area contributed by atoms with Gasteiger partial charge in [0.25, 0.3) is 0 Å². The zero-order valence-electron chi connectivity index (χ0n) is 5.87. The maximum atomic E-state index is 8.95. The first-order valence-corrected chi connectivity index (χ1v) is 3.20. The highest BCUT2D eigenvalue weighted by atomic mass is 16.6. The van der Waals surface area contributed by atoms with Gasteiger partial charge >= 0.3 is 0 Å². The van der Waals surface area contributed by atoms with Crippen molar-refractivity contribution < 1.29 is 9.84 Å². The summed E-state index contributed by atoms with van der Waals surface area (Å²) in [5.41, 5.74) is 0. The van der Waals surface area contributed by atoms with Crippen LogP contribution < -0.4 is 0 Å². The first kappa shape index (κ1) is 6.99. The summed E-state index contributed by atoms with van der Waals surface area (Å²) in [5, 5.41) is 8.95. The van der Waals surface area contributed by atoms with E-state index in [2.05, 4.69) is 11.8 Å². The third-order valence-electron chi connectivity index (χ3n) is 1.77. The van der Waals surface area contributed by atoms with Crippen LogP contribution in [0.3, 0.4) is 0 Å². The molecule has 0 aromatic carbocycles. The summed E-state index contributed by atoms with van der Waals surface area (Å²) in [7, 11) is 1.98. The van der Waals surface area contributed by atoms with E-state index in [1.165, 1.54) is 0 Å². The van der Waals surface area contributed by atoms with Crippen molar-refractivity contribution in [2.24, 2.45) is 0 Å². The molecule has 1 rings (SSSR count). The first-order valence-electron chi connectivity index (χ1n) is 3.20. The van der Waals surface area contributed by atoms with Crippen LogP contribution in [0.1, 0.15) is 13.3 Å². The van der Waals surface area contributed by atoms with Crippen molar-refractivity contribution >= 4 is 0 Å². The fourth-order valence-electron chi connectivity index (χ4n) is 0.871. The molecule has 3 nitrogen and oxygen atoms in total. The molecule has 1 saturated heterocycles. The van der Waals surface area contributed by atoms with Crippen molar-refractivity contribution in [3.63, 3.8) is 0 Å². The van der Waals surface area contributed by atoms with Crippen LogP contribution in [0.25, 0.3) is 0 Å². The van der Waals surface area contributed by atoms with E-state index >= 15 is 0 Å². The molecule has 54 valence electrons. The van der Waals surface area contributed by atoms with Crippen LogP contribution in [0, 0.1) is 0 Å². The number of hydrogen-bond acceptors (Lipinski definition) is 3. The van der Waals surface area contributed by atoms with Crippen molar-refractivity contribution in [2.45, 2.75) is 25.7 Å². The molecule has 1 aliphatic heterocycles. The summed E-state index contributed by atoms with van der Waals surface area (Å²) in [6.07, 6.45) is 0.174. The highest BCUT2D eigenvalue weighted by Gasteiger charge is 2.20. The number of hydrogen-bond donors (Lipinski definition) is 1. The van der Waals surface area contributed by atoms with Crippen LogP contribution in [-0.4, -0.2) is 36.1 Å². The molecule has 0 spiro atoms. The van der Waals surface area contributed by atoms with Gasteiger partial charge in [-0.15, -0.1) is 0 Å². The Morgan fingerprint density at radius 2 is 2.33 bits per heavy atom. The second-order valence-corrected chi connectivity index (χ2v) is 2.59. The van der Waals surface area contributed by atoms with E-state index in [4.69, 9.17) is 9.84 Å². The predicted octanol–water partition coefficient (Wildman–Crippen LogP) is 0.00290. The maximum absolute atomic E-state index is 8.95. The Balaban J connectivity index is 2.35. The molecule has 9 heavy (non-hydrogen) atoms. The Morgan fingerprint density at radius 1 is 1.67 bits per heavy atom. The predicted molar refractivity (Wildman–Crippen MR) is 33.8 cm³/mol. The summed E-state index contributed by atoms with van der Waals surface area (Å²) < 4.78 is 4.94. The molecular formula is C6H13NO2. The molecule has 0 bridgehead atoms. The molecule has 2 atom stereocenters. The van der Waals surface area contributed by atoms with Gasteiger partial charge < -0.3 is 9.84 Å². The van der Waals surface area contributed by atoms with E-state index < -0.39 is 6.29 Å². The largest absolute Gasteiger partial charge is 0.368 e. The summed E-state index contributed by atoms with van der Waals surface area (Å²) in [5.74, 6) is 0. The van der Waals surface area contributed by atoms with E-state index in [-0.39, 0.29) is 0 Å². The fourth-order valence-corrected chi connectivity index (χ4v) is 0.871. The molecule has 0 amide bonds. The van der Waals surface area contributed by atoms with Gasteiger partial charge in [0.2, 0.25) is 0 Å². The normalized spacial score (nSPS) is 39.0. The molecule has 2 unspecified atom stereocenters. The second-order valence-electron chi connectivity index (χ2n) is 2.59. The highest BCUT2D eigenvalue weighted by molar-refractivity contribution is 4.65. The number of ether oxygens (including phenoxy) is 1. The Labute approximate surface area is 55.2 Å². The molecule has 1 fully saturated rings. The number of nitrogens with zero attached hydrogens (tertiary/aromatic N) is 1. The molecule has 0 aromatic rings. The quantitative estimate of drug-likeness (QED) is 0.502. The molecule has 1 aliphatic rings. The zero-order valence-corrected chi connectivity index (χ0v) is 5.87. The smallest absolute Gasteiger partial charge is 0.157 e. The monoisotopic (exact) mass is 131 g/mol. The fraction of sp³-hybridized carbons (Fsp3) is 1.00. The molecular weight excluding hydrogens is 118 g/mol. The van der Waals surface area contributed by atoms with Crippen molar-refractivity contribution in [1.82, 2.24) is 4.90 Å². The Hall–Kier alpha value is -0.120. The van der Waals surface area contributed by atoms with E-state index in [9.17, 15) is 0 Å². The third-order valence-corrected chi connectivity index (χ3v) is 1.77. The van der Waals surface area contributed by atoms with Crippen LogP contribution >= 0.6 is 0 Å². The lowest BCUT2D eigenvalue weighted by atomic mass is 10.2. The van der Waals surface area contributed by atoms with Gasteiger partial charge in [-0.3, -0.25) is 4.90 Å². The average Bonchev–Trinajstić information content (AvgIpc) is 1.80. The van der Waals surface area contributed by atoms with Crippen LogP contribution in [-0.2, 0) is 4.74 Å². The first-order chi connectivity index (χ1) is 4.20. The van der Waals surface area contributed by atoms with Gasteiger partial charge in [0.1, 0.15) is 6.73 Å². The van der Waals surface area contributed by atoms with Crippen LogP contribution in [0.5, 0.6) is 0 Å². The van der Waals surface area contributed by atoms with Gasteiger partial charge in [-0.1, -0.05) is 0 Å². The number of aliphatic hydroxyl groups is 1. The number of aliphatic hydroxyl groups excluding tert-OH is 1. The molecule has 0 radical (unpaired) electrons. The lowest BCUT2D eigenvalue weighted by Gasteiger charge is -2.32. The standard InChI is InChI=1S/C6H13NO2/c1-5-3-6(8)9-4-7(5)2/h5-6,8H,3-4H2,1-2H3. The van der Waals surface area contributed by atoms with Crippen molar-refractivity contribution in [3.8, 4) is 0 Å². The van der Waals surface area contributed by atoms with Gasteiger partial charge in [0, 0.05) is 12.5 Å². The third kappa shape index (κ3) is 1.64. The Kier molecular flexibility index (Phi) is 2.05. The van der Waals surface area contributed by atoms with Crippen LogP contribution in [0.4, 0.5) is 0 Å². The Morgan fingerprint density at radius 3 is 2.78 bits per heavy atom. The van der Waals surface area contributed by atoms with Gasteiger partial charge in [-0.2, -0.15) is 0 Å². The van der Waals surface area contributed by atoms with Gasteiger partial charge in [0.05, 0.1) is 0 Å². The lowest BCUT2D eigenvalue weighted by molar-refractivity contribution is -0.178. The minimum atomic E-state index is -0.545. The molecule has 1 heterocycles. The minimum absolute atomic E-state index is 0.439. The SMILES string of the molecule is CC1CC(O)OCN1C. The minimum Gasteiger partial charge on any atom is -0.368 e. The van der Waals surface area contributed by atoms with E-state index in [1.807, 2.05) is 7.05 Å². The van der Waals surface area contributed by atoms with Gasteiger partial charge in [-0.25, -0.2) is 0 Å². The summed E-state index contributed by atoms with van der Waals surface area (Å²) >= 11 is 0. The molecule has 0 aliphatic carbocycles. The topological polar surface area (TPSA) is 32.7 Å². The maximum Gasteiger partial charge on any atom is 0.157 e. The Bertz CT molecular complexity index is 97.1. The van der Waals surface area contributed by atoms with E-state index in [1.54, 1.807) is 0 Å². The molecule has 1 N–H and O–H groups in total. The average molecular weight is 131 g/mol. The van der Waals surface area contributed by atoms with Crippen molar-refractivity contribution in [3.05, 3.63) is 0 Å². The summed E-state index contributed by atoms with van der Waals surface area (Å²) in [4.78, 5) is 2.06. The van der Waals surface area contributed by atoms with Gasteiger partial charge in [-0.05, 0) is 14.0 Å². The zero-order chi connectivity index (χ0) is 6.85. The second kappa shape index (κ2) is 2.64. The molecule has 0 saturated carbocycles. The highest BCUT2D eigenvalue weighted by Crippen LogP contribution is 2.11. The molecule has 0 aromatic heterocycles. The van der Waals surface area contributed by atoms with E-state index in [0.29, 0.717) is 12.8 Å². The van der Waals surface area contributed by atoms with Gasteiger partial charge in [0.15, 0.2) is 6.29 Å². The van der Waals surface area contributed by atoms with Crippen molar-refractivity contribution in [2.75, 3.05) is 13.8 Å². The van der Waals surface area contributed by atoms with Crippen LogP contribution in [0.2, 0.25) is 0 Å². The summed E-state index contributed by atoms with van der Waals surface area (Å²) in [6.45, 7) is 2.62. The number of rotatable bonds is 0. The summed E-state index contributed by atoms with van der Waals surface area (Å²) in [6, 6.07) is 0.439. The molecule has 3 heteroatoms. The van der Waals surface area contributed by atoms with Crippen LogP contribution in [0.15, 0.2) is 0 Å².